The zero-order valence-electron chi connectivity index (χ0n) is 11.3. The number of benzene rings is 1. The van der Waals surface area contributed by atoms with Crippen LogP contribution in [0.1, 0.15) is 48.5 Å². The van der Waals surface area contributed by atoms with E-state index < -0.39 is 5.97 Å². The van der Waals surface area contributed by atoms with E-state index in [4.69, 9.17) is 5.11 Å². The molecule has 106 valence electrons. The number of carboxylic acid groups (broad SMARTS) is 1. The summed E-state index contributed by atoms with van der Waals surface area (Å²) in [7, 11) is 0. The first kappa shape index (κ1) is 16.0. The average molecular weight is 284 g/mol. The molecule has 1 saturated heterocycles. The van der Waals surface area contributed by atoms with Gasteiger partial charge in [0.05, 0.1) is 5.56 Å². The quantitative estimate of drug-likeness (QED) is 0.918. The lowest BCUT2D eigenvalue weighted by molar-refractivity contribution is 0.0697. The fourth-order valence-corrected chi connectivity index (χ4v) is 2.72. The highest BCUT2D eigenvalue weighted by atomic mass is 35.5. The van der Waals surface area contributed by atoms with E-state index >= 15 is 0 Å². The Kier molecular flexibility index (Phi) is 6.32. The number of likely N-dealkylation sites (tertiary alicyclic amines) is 1. The Morgan fingerprint density at radius 1 is 1.32 bits per heavy atom. The van der Waals surface area contributed by atoms with E-state index in [0.717, 1.165) is 6.54 Å². The van der Waals surface area contributed by atoms with Gasteiger partial charge in [-0.2, -0.15) is 0 Å². The van der Waals surface area contributed by atoms with Crippen LogP contribution in [0.2, 0.25) is 0 Å². The molecule has 0 bridgehead atoms. The van der Waals surface area contributed by atoms with Crippen LogP contribution in [0.4, 0.5) is 0 Å². The van der Waals surface area contributed by atoms with Gasteiger partial charge in [-0.15, -0.1) is 12.4 Å². The first-order chi connectivity index (χ1) is 8.70. The summed E-state index contributed by atoms with van der Waals surface area (Å²) < 4.78 is 0. The second-order valence-electron chi connectivity index (χ2n) is 5.03. The average Bonchev–Trinajstić information content (AvgIpc) is 2.40. The van der Waals surface area contributed by atoms with Crippen molar-refractivity contribution < 1.29 is 9.90 Å². The van der Waals surface area contributed by atoms with E-state index in [9.17, 15) is 4.79 Å². The second-order valence-corrected chi connectivity index (χ2v) is 5.03. The molecule has 1 heterocycles. The fourth-order valence-electron chi connectivity index (χ4n) is 2.72. The van der Waals surface area contributed by atoms with Crippen LogP contribution < -0.4 is 0 Å². The van der Waals surface area contributed by atoms with Crippen molar-refractivity contribution in [3.8, 4) is 0 Å². The Morgan fingerprint density at radius 3 is 2.58 bits per heavy atom. The van der Waals surface area contributed by atoms with Crippen LogP contribution in [0.3, 0.4) is 0 Å². The smallest absolute Gasteiger partial charge is 0.335 e. The molecular weight excluding hydrogens is 262 g/mol. The minimum atomic E-state index is -0.856. The number of halogens is 1. The van der Waals surface area contributed by atoms with Crippen molar-refractivity contribution in [2.45, 2.75) is 45.2 Å². The number of aromatic carboxylic acids is 1. The van der Waals surface area contributed by atoms with Crippen molar-refractivity contribution in [2.75, 3.05) is 6.54 Å². The van der Waals surface area contributed by atoms with E-state index in [2.05, 4.69) is 11.8 Å². The lowest BCUT2D eigenvalue weighted by atomic mass is 9.99. The van der Waals surface area contributed by atoms with Gasteiger partial charge in [-0.1, -0.05) is 25.5 Å². The third-order valence-electron chi connectivity index (χ3n) is 3.81. The first-order valence-corrected chi connectivity index (χ1v) is 6.77. The summed E-state index contributed by atoms with van der Waals surface area (Å²) in [5.41, 5.74) is 1.57. The summed E-state index contributed by atoms with van der Waals surface area (Å²) in [6.07, 6.45) is 5.12. The van der Waals surface area contributed by atoms with Gasteiger partial charge < -0.3 is 5.11 Å². The molecule has 0 aromatic heterocycles. The number of carboxylic acids is 1. The Hall–Kier alpha value is -1.06. The van der Waals surface area contributed by atoms with Gasteiger partial charge in [0.2, 0.25) is 0 Å². The number of rotatable bonds is 4. The van der Waals surface area contributed by atoms with Crippen molar-refractivity contribution >= 4 is 18.4 Å². The third kappa shape index (κ3) is 4.22. The van der Waals surface area contributed by atoms with Crippen molar-refractivity contribution in [3.05, 3.63) is 35.4 Å². The van der Waals surface area contributed by atoms with Crippen molar-refractivity contribution in [3.63, 3.8) is 0 Å². The predicted molar refractivity (Wildman–Crippen MR) is 79.0 cm³/mol. The molecule has 1 atom stereocenters. The molecule has 4 heteroatoms. The molecule has 1 N–H and O–H groups in total. The Bertz CT molecular complexity index is 405. The van der Waals surface area contributed by atoms with Gasteiger partial charge in [-0.05, 0) is 43.5 Å². The molecule has 3 nitrogen and oxygen atoms in total. The van der Waals surface area contributed by atoms with Gasteiger partial charge in [0.25, 0.3) is 0 Å². The van der Waals surface area contributed by atoms with Crippen LogP contribution in [-0.4, -0.2) is 28.6 Å². The zero-order chi connectivity index (χ0) is 13.0. The monoisotopic (exact) mass is 283 g/mol. The molecule has 0 radical (unpaired) electrons. The number of hydrogen-bond donors (Lipinski definition) is 1. The molecule has 1 aromatic rings. The minimum Gasteiger partial charge on any atom is -0.478 e. The van der Waals surface area contributed by atoms with Crippen LogP contribution >= 0.6 is 12.4 Å². The van der Waals surface area contributed by atoms with Gasteiger partial charge in [-0.3, -0.25) is 4.90 Å². The molecule has 19 heavy (non-hydrogen) atoms. The highest BCUT2D eigenvalue weighted by Crippen LogP contribution is 2.21. The van der Waals surface area contributed by atoms with Gasteiger partial charge >= 0.3 is 5.97 Å². The highest BCUT2D eigenvalue weighted by Gasteiger charge is 2.20. The standard InChI is InChI=1S/C15H21NO2.ClH/c1-2-14-5-3-4-10-16(14)11-12-6-8-13(9-7-12)15(17)18;/h6-9,14H,2-5,10-11H2,1H3,(H,17,18);1H. The van der Waals surface area contributed by atoms with Crippen LogP contribution in [-0.2, 0) is 6.54 Å². The molecule has 1 aliphatic heterocycles. The van der Waals surface area contributed by atoms with Crippen molar-refractivity contribution in [2.24, 2.45) is 0 Å². The topological polar surface area (TPSA) is 40.5 Å². The summed E-state index contributed by atoms with van der Waals surface area (Å²) in [5, 5.41) is 8.87. The van der Waals surface area contributed by atoms with Crippen molar-refractivity contribution in [1.29, 1.82) is 0 Å². The Labute approximate surface area is 121 Å². The molecule has 1 aromatic carbocycles. The van der Waals surface area contributed by atoms with Crippen LogP contribution in [0.5, 0.6) is 0 Å². The minimum absolute atomic E-state index is 0. The van der Waals surface area contributed by atoms with Gasteiger partial charge in [0.1, 0.15) is 0 Å². The number of nitrogens with zero attached hydrogens (tertiary/aromatic N) is 1. The molecular formula is C15H22ClNO2. The van der Waals surface area contributed by atoms with Gasteiger partial charge in [-0.25, -0.2) is 4.79 Å². The third-order valence-corrected chi connectivity index (χ3v) is 3.81. The molecule has 0 amide bonds. The fraction of sp³-hybridized carbons (Fsp3) is 0.533. The molecule has 0 aliphatic carbocycles. The van der Waals surface area contributed by atoms with Crippen LogP contribution in [0.15, 0.2) is 24.3 Å². The maximum absolute atomic E-state index is 10.8. The van der Waals surface area contributed by atoms with Crippen LogP contribution in [0.25, 0.3) is 0 Å². The first-order valence-electron chi connectivity index (χ1n) is 6.77. The lowest BCUT2D eigenvalue weighted by Gasteiger charge is -2.35. The van der Waals surface area contributed by atoms with E-state index in [0.29, 0.717) is 11.6 Å². The number of piperidine rings is 1. The van der Waals surface area contributed by atoms with E-state index in [-0.39, 0.29) is 12.4 Å². The lowest BCUT2D eigenvalue weighted by Crippen LogP contribution is -2.38. The SMILES string of the molecule is CCC1CCCCN1Cc1ccc(C(=O)O)cc1.Cl. The van der Waals surface area contributed by atoms with E-state index in [1.807, 2.05) is 12.1 Å². The molecule has 2 rings (SSSR count). The summed E-state index contributed by atoms with van der Waals surface area (Å²) in [6, 6.07) is 7.96. The summed E-state index contributed by atoms with van der Waals surface area (Å²) in [5.74, 6) is -0.856. The van der Waals surface area contributed by atoms with Crippen molar-refractivity contribution in [1.82, 2.24) is 4.90 Å². The largest absolute Gasteiger partial charge is 0.478 e. The molecule has 1 aliphatic rings. The van der Waals surface area contributed by atoms with E-state index in [1.54, 1.807) is 12.1 Å². The second kappa shape index (κ2) is 7.51. The predicted octanol–water partition coefficient (Wildman–Crippen LogP) is 3.57. The summed E-state index contributed by atoms with van der Waals surface area (Å²) >= 11 is 0. The number of hydrogen-bond acceptors (Lipinski definition) is 2. The normalized spacial score (nSPS) is 19.7. The van der Waals surface area contributed by atoms with Gasteiger partial charge in [0.15, 0.2) is 0 Å². The molecule has 1 fully saturated rings. The number of carbonyl (C=O) groups is 1. The summed E-state index contributed by atoms with van der Waals surface area (Å²) in [6.45, 7) is 4.36. The van der Waals surface area contributed by atoms with E-state index in [1.165, 1.54) is 37.8 Å². The molecule has 1 unspecified atom stereocenters. The zero-order valence-corrected chi connectivity index (χ0v) is 12.2. The van der Waals surface area contributed by atoms with Crippen LogP contribution in [0, 0.1) is 0 Å². The maximum Gasteiger partial charge on any atom is 0.335 e. The van der Waals surface area contributed by atoms with Gasteiger partial charge in [0, 0.05) is 12.6 Å². The summed E-state index contributed by atoms with van der Waals surface area (Å²) in [4.78, 5) is 13.3. The highest BCUT2D eigenvalue weighted by molar-refractivity contribution is 5.87. The Morgan fingerprint density at radius 2 is 2.00 bits per heavy atom. The maximum atomic E-state index is 10.8. The molecule has 0 saturated carbocycles. The Balaban J connectivity index is 0.00000180. The molecule has 0 spiro atoms.